The zero-order chi connectivity index (χ0) is 12.1. The molecule has 0 amide bonds. The average molecular weight is 231 g/mol. The number of aliphatic imine (C=N–C) groups is 1. The van der Waals surface area contributed by atoms with Crippen LogP contribution in [-0.2, 0) is 12.8 Å². The molecule has 0 aromatic carbocycles. The molecule has 0 saturated carbocycles. The fourth-order valence-corrected chi connectivity index (χ4v) is 1.59. The number of hydrogen-bond donors (Lipinski definition) is 2. The van der Waals surface area contributed by atoms with E-state index in [0.29, 0.717) is 0 Å². The smallest absolute Gasteiger partial charge is 0.106 e. The Balaban J connectivity index is 1.89. The quantitative estimate of drug-likeness (QED) is 0.768. The maximum atomic E-state index is 4.44. The van der Waals surface area contributed by atoms with E-state index in [1.165, 1.54) is 0 Å². The van der Waals surface area contributed by atoms with Crippen molar-refractivity contribution in [2.24, 2.45) is 4.99 Å². The van der Waals surface area contributed by atoms with Crippen molar-refractivity contribution in [3.8, 4) is 0 Å². The first-order valence-electron chi connectivity index (χ1n) is 5.82. The Morgan fingerprint density at radius 2 is 2.35 bits per heavy atom. The first-order valence-corrected chi connectivity index (χ1v) is 5.82. The highest BCUT2D eigenvalue weighted by Gasteiger charge is 2.01. The molecule has 17 heavy (non-hydrogen) atoms. The normalized spacial score (nSPS) is 11.4. The maximum Gasteiger partial charge on any atom is 0.106 e. The number of aryl methyl sites for hydroxylation is 2. The summed E-state index contributed by atoms with van der Waals surface area (Å²) in [5.74, 6) is 1.01. The lowest BCUT2D eigenvalue weighted by atomic mass is 10.3. The average Bonchev–Trinajstić information content (AvgIpc) is 2.94. The third-order valence-electron chi connectivity index (χ3n) is 2.58. The molecule has 2 N–H and O–H groups in total. The zero-order valence-corrected chi connectivity index (χ0v) is 10.2. The predicted molar refractivity (Wildman–Crippen MR) is 67.5 cm³/mol. The van der Waals surface area contributed by atoms with Crippen molar-refractivity contribution in [2.75, 3.05) is 6.54 Å². The standard InChI is InChI=1S/C12H17N5/c1-3-12-16-9(2)11(17-12)7-13-5-4-10-6-14-8-15-10/h6-8H,3-5H2,1-2H3,(H,14,15)(H,16,17). The van der Waals surface area contributed by atoms with Crippen LogP contribution in [0.1, 0.15) is 29.8 Å². The number of hydrogen-bond acceptors (Lipinski definition) is 3. The van der Waals surface area contributed by atoms with Gasteiger partial charge >= 0.3 is 0 Å². The Hall–Kier alpha value is -1.91. The Morgan fingerprint density at radius 1 is 1.47 bits per heavy atom. The zero-order valence-electron chi connectivity index (χ0n) is 10.2. The van der Waals surface area contributed by atoms with Crippen molar-refractivity contribution in [2.45, 2.75) is 26.7 Å². The van der Waals surface area contributed by atoms with Crippen LogP contribution in [0, 0.1) is 6.92 Å². The van der Waals surface area contributed by atoms with Crippen molar-refractivity contribution in [1.29, 1.82) is 0 Å². The minimum absolute atomic E-state index is 0.746. The van der Waals surface area contributed by atoms with Crippen LogP contribution < -0.4 is 0 Å². The van der Waals surface area contributed by atoms with E-state index in [9.17, 15) is 0 Å². The summed E-state index contributed by atoms with van der Waals surface area (Å²) in [7, 11) is 0. The molecule has 0 aliphatic heterocycles. The molecule has 5 nitrogen and oxygen atoms in total. The molecule has 0 bridgehead atoms. The fourth-order valence-electron chi connectivity index (χ4n) is 1.59. The fraction of sp³-hybridized carbons (Fsp3) is 0.417. The van der Waals surface area contributed by atoms with Gasteiger partial charge in [-0.05, 0) is 6.92 Å². The second-order valence-electron chi connectivity index (χ2n) is 3.91. The molecule has 0 aliphatic rings. The second-order valence-corrected chi connectivity index (χ2v) is 3.91. The van der Waals surface area contributed by atoms with E-state index in [2.05, 4.69) is 31.9 Å². The minimum atomic E-state index is 0.746. The van der Waals surface area contributed by atoms with E-state index >= 15 is 0 Å². The van der Waals surface area contributed by atoms with Crippen molar-refractivity contribution < 1.29 is 0 Å². The van der Waals surface area contributed by atoms with Gasteiger partial charge in [0.05, 0.1) is 6.33 Å². The Morgan fingerprint density at radius 3 is 3.00 bits per heavy atom. The van der Waals surface area contributed by atoms with Crippen LogP contribution in [0.3, 0.4) is 0 Å². The molecular weight excluding hydrogens is 214 g/mol. The van der Waals surface area contributed by atoms with Crippen LogP contribution in [0.4, 0.5) is 0 Å². The van der Waals surface area contributed by atoms with Crippen LogP contribution in [0.25, 0.3) is 0 Å². The van der Waals surface area contributed by atoms with Crippen molar-refractivity contribution in [3.63, 3.8) is 0 Å². The van der Waals surface area contributed by atoms with E-state index in [4.69, 9.17) is 0 Å². The number of aromatic nitrogens is 4. The molecule has 0 spiro atoms. The summed E-state index contributed by atoms with van der Waals surface area (Å²) in [5, 5.41) is 0. The Labute approximate surface area is 100 Å². The number of rotatable bonds is 5. The summed E-state index contributed by atoms with van der Waals surface area (Å²) in [5.41, 5.74) is 3.12. The maximum absolute atomic E-state index is 4.44. The van der Waals surface area contributed by atoms with E-state index in [0.717, 1.165) is 42.3 Å². The number of imidazole rings is 2. The molecule has 0 atom stereocenters. The molecule has 0 radical (unpaired) electrons. The molecule has 2 aromatic rings. The number of nitrogens with zero attached hydrogens (tertiary/aromatic N) is 3. The van der Waals surface area contributed by atoms with Gasteiger partial charge in [-0.25, -0.2) is 9.97 Å². The highest BCUT2D eigenvalue weighted by atomic mass is 14.9. The summed E-state index contributed by atoms with van der Waals surface area (Å²) >= 11 is 0. The number of aromatic amines is 2. The van der Waals surface area contributed by atoms with Crippen LogP contribution in [-0.4, -0.2) is 32.7 Å². The summed E-state index contributed by atoms with van der Waals surface area (Å²) in [6, 6.07) is 0. The van der Waals surface area contributed by atoms with Crippen LogP contribution in [0.2, 0.25) is 0 Å². The lowest BCUT2D eigenvalue weighted by molar-refractivity contribution is 0.937. The first-order chi connectivity index (χ1) is 8.29. The molecule has 0 aliphatic carbocycles. The van der Waals surface area contributed by atoms with Gasteiger partial charge in [0.1, 0.15) is 11.5 Å². The van der Waals surface area contributed by atoms with Crippen molar-refractivity contribution in [3.05, 3.63) is 35.4 Å². The summed E-state index contributed by atoms with van der Waals surface area (Å²) < 4.78 is 0. The largest absolute Gasteiger partial charge is 0.348 e. The van der Waals surface area contributed by atoms with Gasteiger partial charge in [0, 0.05) is 43.2 Å². The minimum Gasteiger partial charge on any atom is -0.348 e. The monoisotopic (exact) mass is 231 g/mol. The van der Waals surface area contributed by atoms with Gasteiger partial charge in [-0.15, -0.1) is 0 Å². The van der Waals surface area contributed by atoms with E-state index in [1.54, 1.807) is 6.33 Å². The van der Waals surface area contributed by atoms with Crippen molar-refractivity contribution >= 4 is 6.21 Å². The number of H-pyrrole nitrogens is 2. The van der Waals surface area contributed by atoms with Crippen LogP contribution in [0.5, 0.6) is 0 Å². The predicted octanol–water partition coefficient (Wildman–Crippen LogP) is 1.67. The SMILES string of the molecule is CCc1nc(C=NCCc2cnc[nH]2)c(C)[nH]1. The molecule has 0 unspecified atom stereocenters. The van der Waals surface area contributed by atoms with Gasteiger partial charge in [-0.3, -0.25) is 4.99 Å². The van der Waals surface area contributed by atoms with Crippen LogP contribution >= 0.6 is 0 Å². The molecule has 2 aromatic heterocycles. The lowest BCUT2D eigenvalue weighted by Gasteiger charge is -1.91. The summed E-state index contributed by atoms with van der Waals surface area (Å²) in [6.07, 6.45) is 7.14. The van der Waals surface area contributed by atoms with Gasteiger partial charge in [0.2, 0.25) is 0 Å². The molecule has 5 heteroatoms. The first kappa shape index (κ1) is 11.6. The van der Waals surface area contributed by atoms with Gasteiger partial charge in [-0.1, -0.05) is 6.92 Å². The van der Waals surface area contributed by atoms with Gasteiger partial charge in [-0.2, -0.15) is 0 Å². The highest BCUT2D eigenvalue weighted by Crippen LogP contribution is 2.03. The van der Waals surface area contributed by atoms with Gasteiger partial charge in [0.15, 0.2) is 0 Å². The Bertz CT molecular complexity index is 481. The van der Waals surface area contributed by atoms with Gasteiger partial charge < -0.3 is 9.97 Å². The molecule has 2 rings (SSSR count). The van der Waals surface area contributed by atoms with E-state index < -0.39 is 0 Å². The number of nitrogens with one attached hydrogen (secondary N) is 2. The van der Waals surface area contributed by atoms with E-state index in [1.807, 2.05) is 19.3 Å². The molecule has 2 heterocycles. The molecule has 0 fully saturated rings. The Kier molecular flexibility index (Phi) is 3.69. The highest BCUT2D eigenvalue weighted by molar-refractivity contribution is 5.78. The third kappa shape index (κ3) is 3.03. The van der Waals surface area contributed by atoms with Crippen LogP contribution in [0.15, 0.2) is 17.5 Å². The summed E-state index contributed by atoms with van der Waals surface area (Å²) in [6.45, 7) is 4.84. The van der Waals surface area contributed by atoms with Gasteiger partial charge in [0.25, 0.3) is 0 Å². The summed E-state index contributed by atoms with van der Waals surface area (Å²) in [4.78, 5) is 19.1. The molecule has 90 valence electrons. The topological polar surface area (TPSA) is 69.7 Å². The van der Waals surface area contributed by atoms with E-state index in [-0.39, 0.29) is 0 Å². The molecular formula is C12H17N5. The molecule has 0 saturated heterocycles. The third-order valence-corrected chi connectivity index (χ3v) is 2.58. The second kappa shape index (κ2) is 5.43. The lowest BCUT2D eigenvalue weighted by Crippen LogP contribution is -1.92. The van der Waals surface area contributed by atoms with Crippen molar-refractivity contribution in [1.82, 2.24) is 19.9 Å².